The summed E-state index contributed by atoms with van der Waals surface area (Å²) in [4.78, 5) is 6.09. The summed E-state index contributed by atoms with van der Waals surface area (Å²) in [5, 5.41) is 1.96. The molecule has 5 heteroatoms. The maximum atomic E-state index is 5.24. The summed E-state index contributed by atoms with van der Waals surface area (Å²) in [7, 11) is 0. The number of rotatable bonds is 4. The van der Waals surface area contributed by atoms with Crippen molar-refractivity contribution in [1.29, 1.82) is 0 Å². The van der Waals surface area contributed by atoms with E-state index in [1.807, 2.05) is 5.41 Å². The third-order valence-corrected chi connectivity index (χ3v) is 3.38. The van der Waals surface area contributed by atoms with Crippen molar-refractivity contribution in [3.8, 4) is 0 Å². The van der Waals surface area contributed by atoms with Crippen LogP contribution >= 0.6 is 27.7 Å². The van der Waals surface area contributed by atoms with Gasteiger partial charge in [-0.3, -0.25) is 9.89 Å². The second kappa shape index (κ2) is 6.59. The van der Waals surface area contributed by atoms with Crippen LogP contribution in [0.25, 0.3) is 0 Å². The van der Waals surface area contributed by atoms with Crippen molar-refractivity contribution >= 4 is 34.4 Å². The van der Waals surface area contributed by atoms with E-state index in [9.17, 15) is 0 Å². The SMILES string of the molecule is C=N/C(Br)=C\SCN1CCOCC1. The van der Waals surface area contributed by atoms with Crippen LogP contribution < -0.4 is 0 Å². The van der Waals surface area contributed by atoms with Gasteiger partial charge in [0.15, 0.2) is 0 Å². The molecule has 1 aliphatic heterocycles. The molecule has 0 unspecified atom stereocenters. The van der Waals surface area contributed by atoms with Gasteiger partial charge in [0.05, 0.1) is 13.2 Å². The second-order valence-corrected chi connectivity index (χ2v) is 4.26. The van der Waals surface area contributed by atoms with Crippen LogP contribution in [0.4, 0.5) is 0 Å². The Morgan fingerprint density at radius 1 is 1.62 bits per heavy atom. The van der Waals surface area contributed by atoms with Crippen LogP contribution in [0, 0.1) is 0 Å². The van der Waals surface area contributed by atoms with Gasteiger partial charge in [-0.05, 0) is 22.6 Å². The summed E-state index contributed by atoms with van der Waals surface area (Å²) >= 11 is 4.99. The molecule has 3 nitrogen and oxygen atoms in total. The van der Waals surface area contributed by atoms with Crippen LogP contribution in [-0.2, 0) is 4.74 Å². The number of aliphatic imine (C=N–C) groups is 1. The zero-order valence-corrected chi connectivity index (χ0v) is 9.81. The lowest BCUT2D eigenvalue weighted by molar-refractivity contribution is 0.0474. The normalized spacial score (nSPS) is 20.2. The number of nitrogens with zero attached hydrogens (tertiary/aromatic N) is 2. The zero-order chi connectivity index (χ0) is 9.52. The minimum atomic E-state index is 0.797. The molecule has 0 spiro atoms. The summed E-state index contributed by atoms with van der Waals surface area (Å²) in [5.74, 6) is 0.994. The Bertz CT molecular complexity index is 193. The van der Waals surface area contributed by atoms with Crippen molar-refractivity contribution in [1.82, 2.24) is 4.90 Å². The molecule has 0 amide bonds. The lowest BCUT2D eigenvalue weighted by atomic mass is 10.5. The average molecular weight is 265 g/mol. The Morgan fingerprint density at radius 3 is 2.92 bits per heavy atom. The third-order valence-electron chi connectivity index (χ3n) is 1.69. The zero-order valence-electron chi connectivity index (χ0n) is 7.41. The molecule has 1 rings (SSSR count). The van der Waals surface area contributed by atoms with Gasteiger partial charge in [0.1, 0.15) is 4.61 Å². The van der Waals surface area contributed by atoms with Crippen molar-refractivity contribution in [3.63, 3.8) is 0 Å². The van der Waals surface area contributed by atoms with E-state index < -0.39 is 0 Å². The van der Waals surface area contributed by atoms with Crippen molar-refractivity contribution in [3.05, 3.63) is 10.0 Å². The topological polar surface area (TPSA) is 24.8 Å². The van der Waals surface area contributed by atoms with Crippen molar-refractivity contribution < 1.29 is 4.74 Å². The van der Waals surface area contributed by atoms with Crippen molar-refractivity contribution in [2.24, 2.45) is 4.99 Å². The molecule has 0 aromatic carbocycles. The van der Waals surface area contributed by atoms with Crippen LogP contribution in [0.2, 0.25) is 0 Å². The highest BCUT2D eigenvalue weighted by Gasteiger charge is 2.08. The lowest BCUT2D eigenvalue weighted by Crippen LogP contribution is -2.35. The van der Waals surface area contributed by atoms with Gasteiger partial charge in [-0.2, -0.15) is 0 Å². The monoisotopic (exact) mass is 264 g/mol. The average Bonchev–Trinajstić information content (AvgIpc) is 2.19. The maximum Gasteiger partial charge on any atom is 0.111 e. The predicted octanol–water partition coefficient (Wildman–Crippen LogP) is 1.90. The van der Waals surface area contributed by atoms with Gasteiger partial charge in [-0.1, -0.05) is 0 Å². The molecule has 0 radical (unpaired) electrons. The van der Waals surface area contributed by atoms with Gasteiger partial charge in [-0.25, -0.2) is 0 Å². The molecular formula is C8H13BrN2OS. The Labute approximate surface area is 91.4 Å². The van der Waals surface area contributed by atoms with Crippen molar-refractivity contribution in [2.45, 2.75) is 0 Å². The van der Waals surface area contributed by atoms with E-state index in [-0.39, 0.29) is 0 Å². The van der Waals surface area contributed by atoms with E-state index in [0.717, 1.165) is 36.8 Å². The Kier molecular flexibility index (Phi) is 5.70. The molecule has 1 heterocycles. The number of thioether (sulfide) groups is 1. The fraction of sp³-hybridized carbons (Fsp3) is 0.625. The molecule has 0 aromatic rings. The first-order valence-corrected chi connectivity index (χ1v) is 5.91. The smallest absolute Gasteiger partial charge is 0.111 e. The van der Waals surface area contributed by atoms with E-state index in [4.69, 9.17) is 4.74 Å². The molecule has 0 bridgehead atoms. The van der Waals surface area contributed by atoms with Crippen LogP contribution in [0.1, 0.15) is 0 Å². The molecule has 1 fully saturated rings. The molecule has 1 saturated heterocycles. The predicted molar refractivity (Wildman–Crippen MR) is 61.4 cm³/mol. The minimum Gasteiger partial charge on any atom is -0.379 e. The molecule has 13 heavy (non-hydrogen) atoms. The van der Waals surface area contributed by atoms with E-state index in [2.05, 4.69) is 32.5 Å². The number of ether oxygens (including phenoxy) is 1. The first-order chi connectivity index (χ1) is 6.33. The molecule has 0 aromatic heterocycles. The van der Waals surface area contributed by atoms with Gasteiger partial charge in [0.25, 0.3) is 0 Å². The van der Waals surface area contributed by atoms with E-state index in [0.29, 0.717) is 0 Å². The van der Waals surface area contributed by atoms with Gasteiger partial charge in [0.2, 0.25) is 0 Å². The second-order valence-electron chi connectivity index (χ2n) is 2.62. The van der Waals surface area contributed by atoms with Crippen molar-refractivity contribution in [2.75, 3.05) is 32.2 Å². The number of hydrogen-bond acceptors (Lipinski definition) is 4. The molecular weight excluding hydrogens is 252 g/mol. The molecule has 0 aliphatic carbocycles. The quantitative estimate of drug-likeness (QED) is 0.573. The Morgan fingerprint density at radius 2 is 2.31 bits per heavy atom. The fourth-order valence-electron chi connectivity index (χ4n) is 0.979. The van der Waals surface area contributed by atoms with Crippen LogP contribution in [0.5, 0.6) is 0 Å². The summed E-state index contributed by atoms with van der Waals surface area (Å²) in [5.41, 5.74) is 0. The molecule has 1 aliphatic rings. The Balaban J connectivity index is 2.14. The standard InChI is InChI=1S/C8H13BrN2OS/c1-10-8(9)6-13-7-11-2-4-12-5-3-11/h6H,1-5,7H2/b8-6-. The van der Waals surface area contributed by atoms with Crippen LogP contribution in [0.3, 0.4) is 0 Å². The van der Waals surface area contributed by atoms with E-state index >= 15 is 0 Å². The highest BCUT2D eigenvalue weighted by Crippen LogP contribution is 2.14. The first-order valence-electron chi connectivity index (χ1n) is 4.07. The highest BCUT2D eigenvalue weighted by atomic mass is 79.9. The van der Waals surface area contributed by atoms with E-state index in [1.54, 1.807) is 11.8 Å². The van der Waals surface area contributed by atoms with E-state index in [1.165, 1.54) is 0 Å². The number of hydrogen-bond donors (Lipinski definition) is 0. The molecule has 0 atom stereocenters. The number of halogens is 1. The summed E-state index contributed by atoms with van der Waals surface area (Å²) < 4.78 is 6.04. The Hall–Kier alpha value is 0.160. The maximum absolute atomic E-state index is 5.24. The summed E-state index contributed by atoms with van der Waals surface area (Å²) in [6, 6.07) is 0. The molecule has 74 valence electrons. The van der Waals surface area contributed by atoms with Gasteiger partial charge >= 0.3 is 0 Å². The van der Waals surface area contributed by atoms with Gasteiger partial charge < -0.3 is 4.74 Å². The highest BCUT2D eigenvalue weighted by molar-refractivity contribution is 9.11. The molecule has 0 saturated carbocycles. The summed E-state index contributed by atoms with van der Waals surface area (Å²) in [6.07, 6.45) is 0. The fourth-order valence-corrected chi connectivity index (χ4v) is 2.13. The summed E-state index contributed by atoms with van der Waals surface area (Å²) in [6.45, 7) is 7.17. The lowest BCUT2D eigenvalue weighted by Gasteiger charge is -2.25. The largest absolute Gasteiger partial charge is 0.379 e. The van der Waals surface area contributed by atoms with Crippen LogP contribution in [0.15, 0.2) is 15.0 Å². The molecule has 0 N–H and O–H groups in total. The van der Waals surface area contributed by atoms with Gasteiger partial charge in [0, 0.05) is 24.4 Å². The van der Waals surface area contributed by atoms with Crippen LogP contribution in [-0.4, -0.2) is 43.8 Å². The third kappa shape index (κ3) is 4.81. The van der Waals surface area contributed by atoms with Gasteiger partial charge in [-0.15, -0.1) is 11.8 Å². The minimum absolute atomic E-state index is 0.797. The number of morpholine rings is 1. The first kappa shape index (κ1) is 11.2.